The van der Waals surface area contributed by atoms with Gasteiger partial charge in [0.25, 0.3) is 0 Å². The number of piperidine rings is 1. The highest BCUT2D eigenvalue weighted by Crippen LogP contribution is 2.26. The number of hydrogen-bond acceptors (Lipinski definition) is 3. The predicted octanol–water partition coefficient (Wildman–Crippen LogP) is 1.89. The number of hydrogen-bond donors (Lipinski definition) is 1. The number of aryl methyl sites for hydroxylation is 1. The van der Waals surface area contributed by atoms with Gasteiger partial charge in [-0.25, -0.2) is 8.42 Å². The van der Waals surface area contributed by atoms with Crippen LogP contribution in [0.1, 0.15) is 31.7 Å². The van der Waals surface area contributed by atoms with E-state index in [1.165, 1.54) is 0 Å². The average Bonchev–Trinajstić information content (AvgIpc) is 2.39. The summed E-state index contributed by atoms with van der Waals surface area (Å²) in [6.45, 7) is 4.40. The monoisotopic (exact) mass is 282 g/mol. The van der Waals surface area contributed by atoms with Crippen LogP contribution in [0.3, 0.4) is 0 Å². The van der Waals surface area contributed by atoms with Crippen LogP contribution in [0.15, 0.2) is 29.2 Å². The van der Waals surface area contributed by atoms with Crippen molar-refractivity contribution in [2.45, 2.75) is 50.1 Å². The molecule has 4 nitrogen and oxygen atoms in total. The normalized spacial score (nSPS) is 23.2. The Hall–Kier alpha value is -0.910. The van der Waals surface area contributed by atoms with Crippen molar-refractivity contribution in [3.63, 3.8) is 0 Å². The zero-order valence-electron chi connectivity index (χ0n) is 11.5. The van der Waals surface area contributed by atoms with Crippen LogP contribution in [-0.4, -0.2) is 31.4 Å². The van der Waals surface area contributed by atoms with E-state index >= 15 is 0 Å². The molecule has 0 saturated carbocycles. The second-order valence-corrected chi connectivity index (χ2v) is 7.24. The minimum absolute atomic E-state index is 0.0833. The first kappa shape index (κ1) is 14.5. The Morgan fingerprint density at radius 3 is 2.47 bits per heavy atom. The molecule has 1 aliphatic heterocycles. The molecule has 1 fully saturated rings. The van der Waals surface area contributed by atoms with Gasteiger partial charge < -0.3 is 5.73 Å². The maximum absolute atomic E-state index is 12.7. The fourth-order valence-electron chi connectivity index (χ4n) is 2.60. The largest absolute Gasteiger partial charge is 0.326 e. The fourth-order valence-corrected chi connectivity index (χ4v) is 4.37. The zero-order valence-corrected chi connectivity index (χ0v) is 12.4. The molecule has 106 valence electrons. The molecule has 5 heteroatoms. The zero-order chi connectivity index (χ0) is 14.0. The summed E-state index contributed by atoms with van der Waals surface area (Å²) in [6, 6.07) is 6.80. The SMILES string of the molecule is Cc1ccc(S(=O)(=O)N2CCCCC2C(C)N)cc1. The molecule has 0 spiro atoms. The maximum atomic E-state index is 12.7. The van der Waals surface area contributed by atoms with Gasteiger partial charge >= 0.3 is 0 Å². The molecule has 0 aliphatic carbocycles. The number of nitrogens with zero attached hydrogens (tertiary/aromatic N) is 1. The molecule has 0 aromatic heterocycles. The third-order valence-corrected chi connectivity index (χ3v) is 5.67. The lowest BCUT2D eigenvalue weighted by Gasteiger charge is -2.36. The third kappa shape index (κ3) is 2.99. The summed E-state index contributed by atoms with van der Waals surface area (Å²) in [7, 11) is -3.42. The average molecular weight is 282 g/mol. The standard InChI is InChI=1S/C14H22N2O2S/c1-11-6-8-13(9-7-11)19(17,18)16-10-4-3-5-14(16)12(2)15/h6-9,12,14H,3-5,10,15H2,1-2H3. The van der Waals surface area contributed by atoms with Crippen LogP contribution in [0.4, 0.5) is 0 Å². The van der Waals surface area contributed by atoms with E-state index in [0.717, 1.165) is 24.8 Å². The van der Waals surface area contributed by atoms with Gasteiger partial charge in [-0.15, -0.1) is 0 Å². The summed E-state index contributed by atoms with van der Waals surface area (Å²) in [5.74, 6) is 0. The first-order valence-corrected chi connectivity index (χ1v) is 8.21. The number of sulfonamides is 1. The molecular formula is C14H22N2O2S. The van der Waals surface area contributed by atoms with Gasteiger partial charge in [0.1, 0.15) is 0 Å². The predicted molar refractivity (Wildman–Crippen MR) is 76.4 cm³/mol. The molecule has 2 unspecified atom stereocenters. The molecule has 1 aliphatic rings. The van der Waals surface area contributed by atoms with Crippen molar-refractivity contribution in [1.82, 2.24) is 4.31 Å². The fraction of sp³-hybridized carbons (Fsp3) is 0.571. The maximum Gasteiger partial charge on any atom is 0.243 e. The summed E-state index contributed by atoms with van der Waals surface area (Å²) >= 11 is 0. The van der Waals surface area contributed by atoms with E-state index in [-0.39, 0.29) is 12.1 Å². The highest BCUT2D eigenvalue weighted by molar-refractivity contribution is 7.89. The summed E-state index contributed by atoms with van der Waals surface area (Å²) in [5, 5.41) is 0. The van der Waals surface area contributed by atoms with Crippen molar-refractivity contribution in [1.29, 1.82) is 0 Å². The van der Waals surface area contributed by atoms with Gasteiger partial charge in [0.05, 0.1) is 4.90 Å². The summed E-state index contributed by atoms with van der Waals surface area (Å²) in [6.07, 6.45) is 2.81. The first-order chi connectivity index (χ1) is 8.93. The molecule has 0 radical (unpaired) electrons. The van der Waals surface area contributed by atoms with Crippen LogP contribution < -0.4 is 5.73 Å². The van der Waals surface area contributed by atoms with Crippen LogP contribution in [0.2, 0.25) is 0 Å². The van der Waals surface area contributed by atoms with Gasteiger partial charge in [0.2, 0.25) is 10.0 Å². The lowest BCUT2D eigenvalue weighted by Crippen LogP contribution is -2.51. The van der Waals surface area contributed by atoms with Crippen molar-refractivity contribution in [3.8, 4) is 0 Å². The van der Waals surface area contributed by atoms with Crippen LogP contribution in [0.5, 0.6) is 0 Å². The van der Waals surface area contributed by atoms with E-state index in [0.29, 0.717) is 11.4 Å². The Morgan fingerprint density at radius 2 is 1.89 bits per heavy atom. The van der Waals surface area contributed by atoms with Gasteiger partial charge in [-0.2, -0.15) is 4.31 Å². The Morgan fingerprint density at radius 1 is 1.26 bits per heavy atom. The molecular weight excluding hydrogens is 260 g/mol. The second kappa shape index (κ2) is 5.61. The van der Waals surface area contributed by atoms with Gasteiger partial charge in [-0.1, -0.05) is 24.1 Å². The molecule has 1 aromatic rings. The molecule has 1 aromatic carbocycles. The highest BCUT2D eigenvalue weighted by atomic mass is 32.2. The van der Waals surface area contributed by atoms with Crippen molar-refractivity contribution >= 4 is 10.0 Å². The Balaban J connectivity index is 2.34. The highest BCUT2D eigenvalue weighted by Gasteiger charge is 2.35. The Bertz CT molecular complexity index is 523. The second-order valence-electron chi connectivity index (χ2n) is 5.35. The summed E-state index contributed by atoms with van der Waals surface area (Å²) in [5.41, 5.74) is 7.01. The summed E-state index contributed by atoms with van der Waals surface area (Å²) in [4.78, 5) is 0.366. The van der Waals surface area contributed by atoms with Crippen molar-refractivity contribution < 1.29 is 8.42 Å². The molecule has 19 heavy (non-hydrogen) atoms. The van der Waals surface area contributed by atoms with Crippen LogP contribution in [0, 0.1) is 6.92 Å². The molecule has 0 bridgehead atoms. The number of nitrogens with two attached hydrogens (primary N) is 1. The minimum atomic E-state index is -3.42. The number of rotatable bonds is 3. The van der Waals surface area contributed by atoms with Crippen molar-refractivity contribution in [3.05, 3.63) is 29.8 Å². The van der Waals surface area contributed by atoms with E-state index in [1.807, 2.05) is 26.0 Å². The van der Waals surface area contributed by atoms with Crippen molar-refractivity contribution in [2.75, 3.05) is 6.54 Å². The van der Waals surface area contributed by atoms with Crippen molar-refractivity contribution in [2.24, 2.45) is 5.73 Å². The lowest BCUT2D eigenvalue weighted by atomic mass is 10.00. The molecule has 2 atom stereocenters. The van der Waals surface area contributed by atoms with Crippen LogP contribution >= 0.6 is 0 Å². The Labute approximate surface area is 115 Å². The molecule has 0 amide bonds. The molecule has 1 heterocycles. The van der Waals surface area contributed by atoms with Crippen LogP contribution in [-0.2, 0) is 10.0 Å². The van der Waals surface area contributed by atoms with E-state index in [1.54, 1.807) is 16.4 Å². The topological polar surface area (TPSA) is 63.4 Å². The van der Waals surface area contributed by atoms with Gasteiger partial charge in [-0.05, 0) is 38.8 Å². The van der Waals surface area contributed by atoms with Gasteiger partial charge in [0, 0.05) is 18.6 Å². The molecule has 2 rings (SSSR count). The smallest absolute Gasteiger partial charge is 0.243 e. The quantitative estimate of drug-likeness (QED) is 0.920. The lowest BCUT2D eigenvalue weighted by molar-refractivity contribution is 0.227. The van der Waals surface area contributed by atoms with Gasteiger partial charge in [0.15, 0.2) is 0 Å². The third-order valence-electron chi connectivity index (χ3n) is 3.73. The van der Waals surface area contributed by atoms with Gasteiger partial charge in [-0.3, -0.25) is 0 Å². The molecule has 2 N–H and O–H groups in total. The minimum Gasteiger partial charge on any atom is -0.326 e. The summed E-state index contributed by atoms with van der Waals surface area (Å²) < 4.78 is 27.0. The van der Waals surface area contributed by atoms with E-state index < -0.39 is 10.0 Å². The van der Waals surface area contributed by atoms with E-state index in [4.69, 9.17) is 5.73 Å². The molecule has 1 saturated heterocycles. The number of benzene rings is 1. The van der Waals surface area contributed by atoms with E-state index in [9.17, 15) is 8.42 Å². The van der Waals surface area contributed by atoms with E-state index in [2.05, 4.69) is 0 Å². The first-order valence-electron chi connectivity index (χ1n) is 6.77. The Kier molecular flexibility index (Phi) is 4.28. The van der Waals surface area contributed by atoms with Crippen LogP contribution in [0.25, 0.3) is 0 Å².